The van der Waals surface area contributed by atoms with Crippen LogP contribution in [0, 0.1) is 6.92 Å². The maximum absolute atomic E-state index is 11.4. The van der Waals surface area contributed by atoms with Crippen LogP contribution in [-0.2, 0) is 21.3 Å². The van der Waals surface area contributed by atoms with Gasteiger partial charge in [0.05, 0.1) is 12.4 Å². The van der Waals surface area contributed by atoms with E-state index in [1.807, 2.05) is 25.1 Å². The third-order valence-corrected chi connectivity index (χ3v) is 5.19. The Morgan fingerprint density at radius 3 is 2.57 bits per heavy atom. The Hall–Kier alpha value is -1.11. The summed E-state index contributed by atoms with van der Waals surface area (Å²) in [7, 11) is 0.202. The maximum atomic E-state index is 11.4. The first-order valence-corrected chi connectivity index (χ1v) is 10.7. The van der Waals surface area contributed by atoms with E-state index in [0.717, 1.165) is 16.9 Å². The van der Waals surface area contributed by atoms with Crippen molar-refractivity contribution in [3.05, 3.63) is 29.3 Å². The lowest BCUT2D eigenvalue weighted by atomic mass is 10.1. The summed E-state index contributed by atoms with van der Waals surface area (Å²) in [5, 5.41) is 6.41. The van der Waals surface area contributed by atoms with E-state index in [1.165, 1.54) is 0 Å². The fourth-order valence-electron chi connectivity index (χ4n) is 2.20. The summed E-state index contributed by atoms with van der Waals surface area (Å²) in [6, 6.07) is 6.07. The molecule has 0 amide bonds. The number of aryl methyl sites for hydroxylation is 1. The van der Waals surface area contributed by atoms with E-state index in [0.29, 0.717) is 45.2 Å². The molecule has 162 valence electrons. The smallest absolute Gasteiger partial charge is 0.211 e. The Labute approximate surface area is 185 Å². The number of nitrogens with zero attached hydrogens (tertiary/aromatic N) is 1. The summed E-state index contributed by atoms with van der Waals surface area (Å²) in [5.74, 6) is 1.57. The molecule has 1 rings (SSSR count). The largest absolute Gasteiger partial charge is 0.491 e. The Morgan fingerprint density at radius 1 is 1.18 bits per heavy atom. The number of hydrogen-bond acceptors (Lipinski definition) is 5. The second-order valence-electron chi connectivity index (χ2n) is 5.96. The summed E-state index contributed by atoms with van der Waals surface area (Å²) >= 11 is 0. The molecule has 0 aromatic heterocycles. The number of rotatable bonds is 12. The molecule has 28 heavy (non-hydrogen) atoms. The molecule has 0 unspecified atom stereocenters. The number of halogens is 1. The quantitative estimate of drug-likeness (QED) is 0.165. The van der Waals surface area contributed by atoms with Crippen molar-refractivity contribution in [1.82, 2.24) is 15.4 Å². The van der Waals surface area contributed by atoms with E-state index in [2.05, 4.69) is 20.3 Å². The fraction of sp³-hybridized carbons (Fsp3) is 0.611. The van der Waals surface area contributed by atoms with Gasteiger partial charge in [-0.1, -0.05) is 12.1 Å². The van der Waals surface area contributed by atoms with Gasteiger partial charge in [0.1, 0.15) is 12.4 Å². The molecule has 8 nitrogen and oxygen atoms in total. The van der Waals surface area contributed by atoms with Crippen molar-refractivity contribution in [2.45, 2.75) is 26.8 Å². The normalized spacial score (nSPS) is 11.6. The molecule has 0 saturated carbocycles. The van der Waals surface area contributed by atoms with Crippen molar-refractivity contribution in [3.63, 3.8) is 0 Å². The van der Waals surface area contributed by atoms with Crippen molar-refractivity contribution in [2.24, 2.45) is 4.99 Å². The Bertz CT molecular complexity index is 699. The number of aliphatic imine (C=N–C) groups is 1. The molecule has 0 fully saturated rings. The second kappa shape index (κ2) is 14.8. The molecular weight excluding hydrogens is 495 g/mol. The SMILES string of the molecule is CCS(=O)(=O)NCCCNC(=NC)NCc1ccc(C)cc1OCCOC.I. The van der Waals surface area contributed by atoms with Gasteiger partial charge in [-0.05, 0) is 31.9 Å². The number of sulfonamides is 1. The zero-order valence-corrected chi connectivity index (χ0v) is 20.2. The maximum Gasteiger partial charge on any atom is 0.211 e. The number of guanidine groups is 1. The van der Waals surface area contributed by atoms with Gasteiger partial charge in [0, 0.05) is 39.4 Å². The van der Waals surface area contributed by atoms with E-state index in [1.54, 1.807) is 21.1 Å². The molecule has 0 aliphatic carbocycles. The first-order chi connectivity index (χ1) is 12.9. The number of hydrogen-bond donors (Lipinski definition) is 3. The van der Waals surface area contributed by atoms with Crippen LogP contribution in [0.5, 0.6) is 5.75 Å². The average Bonchev–Trinajstić information content (AvgIpc) is 2.65. The summed E-state index contributed by atoms with van der Waals surface area (Å²) in [4.78, 5) is 4.18. The third kappa shape index (κ3) is 11.0. The lowest BCUT2D eigenvalue weighted by Crippen LogP contribution is -2.38. The summed E-state index contributed by atoms with van der Waals surface area (Å²) in [6.45, 7) is 6.23. The minimum absolute atomic E-state index is 0. The molecule has 3 N–H and O–H groups in total. The van der Waals surface area contributed by atoms with Crippen LogP contribution in [0.1, 0.15) is 24.5 Å². The standard InChI is InChI=1S/C18H32N4O4S.HI/c1-5-27(23,24)22-10-6-9-20-18(19-3)21-14-16-8-7-15(2)13-17(16)26-12-11-25-4;/h7-8,13,22H,5-6,9-12,14H2,1-4H3,(H2,19,20,21);1H. The van der Waals surface area contributed by atoms with Gasteiger partial charge in [-0.15, -0.1) is 24.0 Å². The van der Waals surface area contributed by atoms with E-state index in [4.69, 9.17) is 9.47 Å². The Morgan fingerprint density at radius 2 is 1.93 bits per heavy atom. The van der Waals surface area contributed by atoms with Gasteiger partial charge in [-0.25, -0.2) is 13.1 Å². The molecule has 0 aliphatic rings. The molecule has 1 aromatic rings. The Balaban J connectivity index is 0.00000729. The van der Waals surface area contributed by atoms with Crippen molar-refractivity contribution in [2.75, 3.05) is 46.2 Å². The van der Waals surface area contributed by atoms with Crippen molar-refractivity contribution < 1.29 is 17.9 Å². The second-order valence-corrected chi connectivity index (χ2v) is 8.05. The van der Waals surface area contributed by atoms with Crippen molar-refractivity contribution in [1.29, 1.82) is 0 Å². The molecule has 0 spiro atoms. The monoisotopic (exact) mass is 528 g/mol. The minimum Gasteiger partial charge on any atom is -0.491 e. The highest BCUT2D eigenvalue weighted by Crippen LogP contribution is 2.20. The highest BCUT2D eigenvalue weighted by Gasteiger charge is 2.07. The van der Waals surface area contributed by atoms with E-state index < -0.39 is 10.0 Å². The minimum atomic E-state index is -3.14. The molecule has 0 atom stereocenters. The van der Waals surface area contributed by atoms with Crippen molar-refractivity contribution >= 4 is 40.0 Å². The van der Waals surface area contributed by atoms with Crippen LogP contribution >= 0.6 is 24.0 Å². The van der Waals surface area contributed by atoms with Crippen LogP contribution in [0.25, 0.3) is 0 Å². The van der Waals surface area contributed by atoms with Crippen LogP contribution in [0.15, 0.2) is 23.2 Å². The van der Waals surface area contributed by atoms with Gasteiger partial charge < -0.3 is 20.1 Å². The topological polar surface area (TPSA) is 101 Å². The fourth-order valence-corrected chi connectivity index (χ4v) is 2.86. The lowest BCUT2D eigenvalue weighted by Gasteiger charge is -2.15. The zero-order valence-electron chi connectivity index (χ0n) is 17.1. The molecular formula is C18H33IN4O4S. The molecule has 0 bridgehead atoms. The molecule has 1 aromatic carbocycles. The third-order valence-electron chi connectivity index (χ3n) is 3.79. The van der Waals surface area contributed by atoms with Gasteiger partial charge in [0.25, 0.3) is 0 Å². The molecule has 0 saturated heterocycles. The highest BCUT2D eigenvalue weighted by molar-refractivity contribution is 14.0. The number of nitrogens with one attached hydrogen (secondary N) is 3. The molecule has 0 heterocycles. The summed E-state index contributed by atoms with van der Waals surface area (Å²) in [6.07, 6.45) is 0.663. The van der Waals surface area contributed by atoms with E-state index in [-0.39, 0.29) is 29.7 Å². The number of methoxy groups -OCH3 is 1. The first-order valence-electron chi connectivity index (χ1n) is 9.05. The molecule has 10 heteroatoms. The highest BCUT2D eigenvalue weighted by atomic mass is 127. The number of benzene rings is 1. The van der Waals surface area contributed by atoms with Gasteiger partial charge in [-0.2, -0.15) is 0 Å². The summed E-state index contributed by atoms with van der Waals surface area (Å²) < 4.78 is 36.1. The molecule has 0 radical (unpaired) electrons. The van der Waals surface area contributed by atoms with E-state index >= 15 is 0 Å². The average molecular weight is 528 g/mol. The van der Waals surface area contributed by atoms with Crippen LogP contribution in [0.4, 0.5) is 0 Å². The van der Waals surface area contributed by atoms with Gasteiger partial charge in [0.15, 0.2) is 5.96 Å². The van der Waals surface area contributed by atoms with Crippen molar-refractivity contribution in [3.8, 4) is 5.75 Å². The lowest BCUT2D eigenvalue weighted by molar-refractivity contribution is 0.145. The van der Waals surface area contributed by atoms with Crippen LogP contribution in [-0.4, -0.2) is 60.6 Å². The van der Waals surface area contributed by atoms with Crippen LogP contribution in [0.2, 0.25) is 0 Å². The molecule has 0 aliphatic heterocycles. The first kappa shape index (κ1) is 26.9. The predicted octanol–water partition coefficient (Wildman–Crippen LogP) is 1.63. The zero-order chi connectivity index (χ0) is 20.1. The number of ether oxygens (including phenoxy) is 2. The predicted molar refractivity (Wildman–Crippen MR) is 124 cm³/mol. The van der Waals surface area contributed by atoms with Crippen LogP contribution in [0.3, 0.4) is 0 Å². The summed E-state index contributed by atoms with van der Waals surface area (Å²) in [5.41, 5.74) is 2.15. The van der Waals surface area contributed by atoms with E-state index in [9.17, 15) is 8.42 Å². The van der Waals surface area contributed by atoms with Gasteiger partial charge in [-0.3, -0.25) is 4.99 Å². The Kier molecular flexibility index (Phi) is 14.2. The van der Waals surface area contributed by atoms with Gasteiger partial charge in [0.2, 0.25) is 10.0 Å². The van der Waals surface area contributed by atoms with Gasteiger partial charge >= 0.3 is 0 Å². The van der Waals surface area contributed by atoms with Crippen LogP contribution < -0.4 is 20.1 Å².